The molecule has 0 aliphatic heterocycles. The zero-order valence-electron chi connectivity index (χ0n) is 12.7. The van der Waals surface area contributed by atoms with E-state index in [2.05, 4.69) is 45.5 Å². The van der Waals surface area contributed by atoms with Crippen molar-refractivity contribution in [1.82, 2.24) is 5.32 Å². The van der Waals surface area contributed by atoms with Gasteiger partial charge in [0.25, 0.3) is 10.1 Å². The Morgan fingerprint density at radius 2 is 1.77 bits per heavy atom. The van der Waals surface area contributed by atoms with Crippen LogP contribution in [-0.2, 0) is 16.5 Å². The Morgan fingerprint density at radius 3 is 2.36 bits per heavy atom. The topological polar surface area (TPSA) is 66.4 Å². The van der Waals surface area contributed by atoms with Crippen molar-refractivity contribution < 1.29 is 13.0 Å². The predicted molar refractivity (Wildman–Crippen MR) is 92.7 cm³/mol. The number of halogens is 1. The third kappa shape index (κ3) is 5.99. The van der Waals surface area contributed by atoms with Crippen molar-refractivity contribution in [3.63, 3.8) is 0 Å². The van der Waals surface area contributed by atoms with Gasteiger partial charge < -0.3 is 5.32 Å². The molecule has 0 bridgehead atoms. The molecule has 1 aliphatic carbocycles. The summed E-state index contributed by atoms with van der Waals surface area (Å²) >= 11 is 3.46. The van der Waals surface area contributed by atoms with Crippen LogP contribution in [0.2, 0.25) is 0 Å². The van der Waals surface area contributed by atoms with Crippen LogP contribution in [0.15, 0.2) is 28.7 Å². The molecule has 0 unspecified atom stereocenters. The second kappa shape index (κ2) is 7.90. The lowest BCUT2D eigenvalue weighted by atomic mass is 9.77. The summed E-state index contributed by atoms with van der Waals surface area (Å²) in [7, 11) is -3.86. The molecule has 6 heteroatoms. The Labute approximate surface area is 141 Å². The molecule has 1 fully saturated rings. The van der Waals surface area contributed by atoms with Gasteiger partial charge in [-0.2, -0.15) is 8.42 Å². The van der Waals surface area contributed by atoms with Crippen LogP contribution in [0, 0.1) is 0 Å². The van der Waals surface area contributed by atoms with E-state index in [1.54, 1.807) is 0 Å². The van der Waals surface area contributed by atoms with Crippen molar-refractivity contribution in [2.75, 3.05) is 12.3 Å². The number of rotatable bonds is 7. The maximum Gasteiger partial charge on any atom is 0.264 e. The molecular weight excluding hydrogens is 366 g/mol. The van der Waals surface area contributed by atoms with Gasteiger partial charge in [0, 0.05) is 10.0 Å². The van der Waals surface area contributed by atoms with E-state index >= 15 is 0 Å². The van der Waals surface area contributed by atoms with Crippen LogP contribution in [0.4, 0.5) is 0 Å². The molecule has 1 aromatic rings. The molecule has 0 heterocycles. The van der Waals surface area contributed by atoms with Crippen LogP contribution >= 0.6 is 15.9 Å². The van der Waals surface area contributed by atoms with E-state index in [1.165, 1.54) is 24.8 Å². The molecule has 0 atom stereocenters. The molecular formula is C16H24BrNO3S. The fourth-order valence-electron chi connectivity index (χ4n) is 3.25. The molecule has 2 N–H and O–H groups in total. The highest BCUT2D eigenvalue weighted by Gasteiger charge is 2.31. The van der Waals surface area contributed by atoms with Crippen LogP contribution in [0.25, 0.3) is 0 Å². The SMILES string of the molecule is O=S(=O)(O)CCCNC1(Cc2ccc(Br)cc2)CCCCC1. The summed E-state index contributed by atoms with van der Waals surface area (Å²) in [5.74, 6) is -0.172. The first-order valence-corrected chi connectivity index (χ1v) is 10.2. The molecule has 0 spiro atoms. The highest BCUT2D eigenvalue weighted by Crippen LogP contribution is 2.31. The van der Waals surface area contributed by atoms with Crippen molar-refractivity contribution in [2.24, 2.45) is 0 Å². The van der Waals surface area contributed by atoms with Crippen LogP contribution in [0.3, 0.4) is 0 Å². The van der Waals surface area contributed by atoms with E-state index in [0.717, 1.165) is 23.7 Å². The van der Waals surface area contributed by atoms with Crippen LogP contribution in [0.1, 0.15) is 44.1 Å². The van der Waals surface area contributed by atoms with E-state index in [9.17, 15) is 8.42 Å². The van der Waals surface area contributed by atoms with Gasteiger partial charge in [0.15, 0.2) is 0 Å². The van der Waals surface area contributed by atoms with E-state index in [0.29, 0.717) is 13.0 Å². The molecule has 1 saturated carbocycles. The van der Waals surface area contributed by atoms with Crippen molar-refractivity contribution >= 4 is 26.0 Å². The highest BCUT2D eigenvalue weighted by atomic mass is 79.9. The molecule has 4 nitrogen and oxygen atoms in total. The Morgan fingerprint density at radius 1 is 1.14 bits per heavy atom. The fourth-order valence-corrected chi connectivity index (χ4v) is 4.02. The highest BCUT2D eigenvalue weighted by molar-refractivity contribution is 9.10. The minimum Gasteiger partial charge on any atom is -0.311 e. The summed E-state index contributed by atoms with van der Waals surface area (Å²) in [6.45, 7) is 0.621. The van der Waals surface area contributed by atoms with Crippen molar-refractivity contribution in [1.29, 1.82) is 0 Å². The molecule has 1 aliphatic rings. The van der Waals surface area contributed by atoms with Gasteiger partial charge in [0.05, 0.1) is 5.75 Å². The van der Waals surface area contributed by atoms with Crippen molar-refractivity contribution in [2.45, 2.75) is 50.5 Å². The Hall–Kier alpha value is -0.430. The lowest BCUT2D eigenvalue weighted by molar-refractivity contribution is 0.229. The molecule has 0 amide bonds. The van der Waals surface area contributed by atoms with Gasteiger partial charge in [-0.25, -0.2) is 0 Å². The summed E-state index contributed by atoms with van der Waals surface area (Å²) in [6.07, 6.45) is 7.34. The average molecular weight is 390 g/mol. The van der Waals surface area contributed by atoms with E-state index in [1.807, 2.05) is 0 Å². The monoisotopic (exact) mass is 389 g/mol. The van der Waals surface area contributed by atoms with Gasteiger partial charge >= 0.3 is 0 Å². The summed E-state index contributed by atoms with van der Waals surface area (Å²) < 4.78 is 31.5. The largest absolute Gasteiger partial charge is 0.311 e. The van der Waals surface area contributed by atoms with Gasteiger partial charge in [-0.05, 0) is 49.9 Å². The molecule has 0 saturated heterocycles. The maximum atomic E-state index is 10.8. The molecule has 22 heavy (non-hydrogen) atoms. The second-order valence-electron chi connectivity index (χ2n) is 6.21. The quantitative estimate of drug-likeness (QED) is 0.552. The van der Waals surface area contributed by atoms with Gasteiger partial charge in [0.2, 0.25) is 0 Å². The third-order valence-corrected chi connectivity index (χ3v) is 5.68. The van der Waals surface area contributed by atoms with Crippen molar-refractivity contribution in [3.8, 4) is 0 Å². The van der Waals surface area contributed by atoms with Crippen LogP contribution < -0.4 is 5.32 Å². The fraction of sp³-hybridized carbons (Fsp3) is 0.625. The number of benzene rings is 1. The summed E-state index contributed by atoms with van der Waals surface area (Å²) in [6, 6.07) is 8.40. The van der Waals surface area contributed by atoms with E-state index in [-0.39, 0.29) is 11.3 Å². The summed E-state index contributed by atoms with van der Waals surface area (Å²) in [5, 5.41) is 3.58. The standard InChI is InChI=1S/C16H24BrNO3S/c17-15-7-5-14(6-8-15)13-16(9-2-1-3-10-16)18-11-4-12-22(19,20)21/h5-8,18H,1-4,9-13H2,(H,19,20,21). The lowest BCUT2D eigenvalue weighted by Gasteiger charge is -2.39. The first-order chi connectivity index (χ1) is 10.4. The van der Waals surface area contributed by atoms with Gasteiger partial charge in [-0.3, -0.25) is 4.55 Å². The van der Waals surface area contributed by atoms with Crippen molar-refractivity contribution in [3.05, 3.63) is 34.3 Å². The molecule has 0 radical (unpaired) electrons. The zero-order chi connectivity index (χ0) is 16.1. The molecule has 124 valence electrons. The summed E-state index contributed by atoms with van der Waals surface area (Å²) in [5.41, 5.74) is 1.36. The zero-order valence-corrected chi connectivity index (χ0v) is 15.1. The van der Waals surface area contributed by atoms with Crippen LogP contribution in [0.5, 0.6) is 0 Å². The molecule has 1 aromatic carbocycles. The predicted octanol–water partition coefficient (Wildman–Crippen LogP) is 3.56. The van der Waals surface area contributed by atoms with Gasteiger partial charge in [0.1, 0.15) is 0 Å². The molecule has 2 rings (SSSR count). The number of hydrogen-bond acceptors (Lipinski definition) is 3. The number of nitrogens with one attached hydrogen (secondary N) is 1. The smallest absolute Gasteiger partial charge is 0.264 e. The minimum atomic E-state index is -3.86. The van der Waals surface area contributed by atoms with E-state index in [4.69, 9.17) is 4.55 Å². The number of hydrogen-bond donors (Lipinski definition) is 2. The molecule has 0 aromatic heterocycles. The Bertz CT molecular complexity index is 566. The van der Waals surface area contributed by atoms with Gasteiger partial charge in [-0.1, -0.05) is 47.3 Å². The first-order valence-electron chi connectivity index (χ1n) is 7.83. The average Bonchev–Trinajstić information content (AvgIpc) is 2.46. The minimum absolute atomic E-state index is 0.0608. The Balaban J connectivity index is 1.96. The second-order valence-corrected chi connectivity index (χ2v) is 8.70. The first kappa shape index (κ1) is 17.9. The normalized spacial score (nSPS) is 18.3. The third-order valence-electron chi connectivity index (χ3n) is 4.35. The van der Waals surface area contributed by atoms with E-state index < -0.39 is 10.1 Å². The van der Waals surface area contributed by atoms with Crippen LogP contribution in [-0.4, -0.2) is 30.8 Å². The maximum absolute atomic E-state index is 10.8. The Kier molecular flexibility index (Phi) is 6.44. The summed E-state index contributed by atoms with van der Waals surface area (Å²) in [4.78, 5) is 0. The lowest BCUT2D eigenvalue weighted by Crippen LogP contribution is -2.49. The van der Waals surface area contributed by atoms with Gasteiger partial charge in [-0.15, -0.1) is 0 Å².